The molecule has 0 saturated carbocycles. The van der Waals surface area contributed by atoms with Gasteiger partial charge in [-0.15, -0.1) is 0 Å². The second-order valence-corrected chi connectivity index (χ2v) is 2.74. The Balaban J connectivity index is 2.72. The first-order valence-corrected chi connectivity index (χ1v) is 3.72. The van der Waals surface area contributed by atoms with Crippen LogP contribution in [0, 0.1) is 6.92 Å². The average molecular weight is 177 g/mol. The molecule has 0 saturated heterocycles. The van der Waals surface area contributed by atoms with Gasteiger partial charge >= 0.3 is 5.97 Å². The van der Waals surface area contributed by atoms with E-state index >= 15 is 0 Å². The average Bonchev–Trinajstić information content (AvgIpc) is 2.47. The zero-order valence-corrected chi connectivity index (χ0v) is 6.90. The van der Waals surface area contributed by atoms with E-state index in [1.54, 1.807) is 0 Å². The maximum Gasteiger partial charge on any atom is 0.354 e. The molecule has 0 aliphatic rings. The highest BCUT2D eigenvalue weighted by atomic mass is 16.4. The molecule has 0 spiro atoms. The van der Waals surface area contributed by atoms with Gasteiger partial charge in [-0.1, -0.05) is 0 Å². The molecule has 2 N–H and O–H groups in total. The molecule has 0 aliphatic heterocycles. The van der Waals surface area contributed by atoms with Crippen LogP contribution in [-0.2, 0) is 0 Å². The summed E-state index contributed by atoms with van der Waals surface area (Å²) in [6.45, 7) is 1.83. The number of aromatic amines is 1. The topological polar surface area (TPSA) is 78.9 Å². The quantitative estimate of drug-likeness (QED) is 0.680. The maximum absolute atomic E-state index is 10.6. The van der Waals surface area contributed by atoms with Crippen molar-refractivity contribution >= 4 is 16.9 Å². The molecular weight excluding hydrogens is 170 g/mol. The molecule has 0 unspecified atom stereocenters. The third kappa shape index (κ3) is 1.14. The lowest BCUT2D eigenvalue weighted by molar-refractivity contribution is 0.0691. The van der Waals surface area contributed by atoms with Gasteiger partial charge in [-0.25, -0.2) is 9.78 Å². The van der Waals surface area contributed by atoms with Gasteiger partial charge in [0.05, 0.1) is 6.20 Å². The van der Waals surface area contributed by atoms with Crippen LogP contribution in [0.5, 0.6) is 0 Å². The molecule has 66 valence electrons. The number of aromatic carboxylic acids is 1. The number of aryl methyl sites for hydroxylation is 1. The second-order valence-electron chi connectivity index (χ2n) is 2.74. The van der Waals surface area contributed by atoms with Crippen LogP contribution in [0.1, 0.15) is 16.2 Å². The van der Waals surface area contributed by atoms with Crippen LogP contribution in [0.4, 0.5) is 0 Å². The van der Waals surface area contributed by atoms with E-state index in [0.717, 1.165) is 11.1 Å². The number of rotatable bonds is 1. The van der Waals surface area contributed by atoms with Crippen LogP contribution >= 0.6 is 0 Å². The predicted octanol–water partition coefficient (Wildman–Crippen LogP) is 0.965. The van der Waals surface area contributed by atoms with Gasteiger partial charge in [0, 0.05) is 11.1 Å². The molecular formula is C8H7N3O2. The first kappa shape index (κ1) is 7.72. The Morgan fingerprint density at radius 3 is 3.08 bits per heavy atom. The third-order valence-corrected chi connectivity index (χ3v) is 1.85. The molecule has 0 amide bonds. The number of aromatic nitrogens is 3. The molecule has 2 aromatic heterocycles. The second kappa shape index (κ2) is 2.55. The van der Waals surface area contributed by atoms with Crippen molar-refractivity contribution in [1.82, 2.24) is 15.2 Å². The number of H-pyrrole nitrogens is 1. The Kier molecular flexibility index (Phi) is 1.51. The van der Waals surface area contributed by atoms with Crippen molar-refractivity contribution in [2.24, 2.45) is 0 Å². The minimum Gasteiger partial charge on any atom is -0.477 e. The highest BCUT2D eigenvalue weighted by Crippen LogP contribution is 2.14. The van der Waals surface area contributed by atoms with Crippen LogP contribution in [-0.4, -0.2) is 26.3 Å². The smallest absolute Gasteiger partial charge is 0.354 e. The molecule has 5 nitrogen and oxygen atoms in total. The number of hydrogen-bond donors (Lipinski definition) is 2. The SMILES string of the molecule is Cc1[nH]nc2cnc(C(=O)O)cc12. The minimum atomic E-state index is -1.03. The highest BCUT2D eigenvalue weighted by molar-refractivity contribution is 5.91. The van der Waals surface area contributed by atoms with Gasteiger partial charge in [0.15, 0.2) is 0 Å². The van der Waals surface area contributed by atoms with Gasteiger partial charge in [-0.2, -0.15) is 5.10 Å². The lowest BCUT2D eigenvalue weighted by atomic mass is 10.2. The summed E-state index contributed by atoms with van der Waals surface area (Å²) < 4.78 is 0. The Morgan fingerprint density at radius 2 is 2.38 bits per heavy atom. The lowest BCUT2D eigenvalue weighted by Crippen LogP contribution is -1.98. The number of carboxylic acids is 1. The molecule has 2 heterocycles. The van der Waals surface area contributed by atoms with Gasteiger partial charge in [-0.05, 0) is 13.0 Å². The summed E-state index contributed by atoms with van der Waals surface area (Å²) in [5, 5.41) is 16.2. The van der Waals surface area contributed by atoms with E-state index in [1.165, 1.54) is 12.3 Å². The fourth-order valence-electron chi connectivity index (χ4n) is 1.16. The number of fused-ring (bicyclic) bond motifs is 1. The van der Waals surface area contributed by atoms with Crippen LogP contribution in [0.2, 0.25) is 0 Å². The van der Waals surface area contributed by atoms with E-state index in [4.69, 9.17) is 5.11 Å². The summed E-state index contributed by atoms with van der Waals surface area (Å²) in [6, 6.07) is 1.51. The van der Waals surface area contributed by atoms with Crippen molar-refractivity contribution < 1.29 is 9.90 Å². The Morgan fingerprint density at radius 1 is 1.62 bits per heavy atom. The van der Waals surface area contributed by atoms with E-state index in [0.29, 0.717) is 5.52 Å². The molecule has 5 heteroatoms. The Bertz CT molecular complexity index is 475. The van der Waals surface area contributed by atoms with E-state index in [2.05, 4.69) is 15.2 Å². The van der Waals surface area contributed by atoms with E-state index in [1.807, 2.05) is 6.92 Å². The van der Waals surface area contributed by atoms with E-state index in [-0.39, 0.29) is 5.69 Å². The van der Waals surface area contributed by atoms with Crippen LogP contribution < -0.4 is 0 Å². The summed E-state index contributed by atoms with van der Waals surface area (Å²) in [5.74, 6) is -1.03. The molecule has 0 aromatic carbocycles. The molecule has 2 aromatic rings. The zero-order valence-electron chi connectivity index (χ0n) is 6.90. The molecule has 0 fully saturated rings. The summed E-state index contributed by atoms with van der Waals surface area (Å²) in [4.78, 5) is 14.3. The summed E-state index contributed by atoms with van der Waals surface area (Å²) >= 11 is 0. The van der Waals surface area contributed by atoms with Gasteiger partial charge in [-0.3, -0.25) is 5.10 Å². The third-order valence-electron chi connectivity index (χ3n) is 1.85. The number of nitrogens with zero attached hydrogens (tertiary/aromatic N) is 2. The predicted molar refractivity (Wildman–Crippen MR) is 45.6 cm³/mol. The molecule has 0 bridgehead atoms. The van der Waals surface area contributed by atoms with E-state index in [9.17, 15) is 4.79 Å². The van der Waals surface area contributed by atoms with Gasteiger partial charge in [0.2, 0.25) is 0 Å². The zero-order chi connectivity index (χ0) is 9.42. The van der Waals surface area contributed by atoms with Gasteiger partial charge in [0.1, 0.15) is 11.2 Å². The molecule has 2 rings (SSSR count). The van der Waals surface area contributed by atoms with Gasteiger partial charge < -0.3 is 5.11 Å². The van der Waals surface area contributed by atoms with Crippen molar-refractivity contribution in [3.8, 4) is 0 Å². The van der Waals surface area contributed by atoms with Crippen molar-refractivity contribution in [3.05, 3.63) is 23.7 Å². The van der Waals surface area contributed by atoms with Crippen molar-refractivity contribution in [2.45, 2.75) is 6.92 Å². The molecule has 0 atom stereocenters. The summed E-state index contributed by atoms with van der Waals surface area (Å²) in [7, 11) is 0. The number of nitrogens with one attached hydrogen (secondary N) is 1. The minimum absolute atomic E-state index is 0.0389. The Hall–Kier alpha value is -1.91. The first-order valence-electron chi connectivity index (χ1n) is 3.72. The fraction of sp³-hybridized carbons (Fsp3) is 0.125. The Labute approximate surface area is 73.4 Å². The monoisotopic (exact) mass is 177 g/mol. The lowest BCUT2D eigenvalue weighted by Gasteiger charge is -1.92. The van der Waals surface area contributed by atoms with Crippen molar-refractivity contribution in [3.63, 3.8) is 0 Å². The number of pyridine rings is 1. The van der Waals surface area contributed by atoms with Crippen LogP contribution in [0.3, 0.4) is 0 Å². The number of carboxylic acid groups (broad SMARTS) is 1. The molecule has 13 heavy (non-hydrogen) atoms. The largest absolute Gasteiger partial charge is 0.477 e. The number of hydrogen-bond acceptors (Lipinski definition) is 3. The summed E-state index contributed by atoms with van der Waals surface area (Å²) in [5.41, 5.74) is 1.57. The molecule has 0 aliphatic carbocycles. The van der Waals surface area contributed by atoms with Crippen molar-refractivity contribution in [1.29, 1.82) is 0 Å². The van der Waals surface area contributed by atoms with Gasteiger partial charge in [0.25, 0.3) is 0 Å². The normalized spacial score (nSPS) is 10.5. The first-order chi connectivity index (χ1) is 6.18. The standard InChI is InChI=1S/C8H7N3O2/c1-4-5-2-6(8(12)13)9-3-7(5)11-10-4/h2-3H,1H3,(H,10,11)(H,12,13). The number of carbonyl (C=O) groups is 1. The van der Waals surface area contributed by atoms with E-state index < -0.39 is 5.97 Å². The van der Waals surface area contributed by atoms with Crippen molar-refractivity contribution in [2.75, 3.05) is 0 Å². The van der Waals surface area contributed by atoms with Crippen LogP contribution in [0.25, 0.3) is 10.9 Å². The fourth-order valence-corrected chi connectivity index (χ4v) is 1.16. The molecule has 0 radical (unpaired) electrons. The van der Waals surface area contributed by atoms with Crippen LogP contribution in [0.15, 0.2) is 12.3 Å². The highest BCUT2D eigenvalue weighted by Gasteiger charge is 2.08. The summed E-state index contributed by atoms with van der Waals surface area (Å²) in [6.07, 6.45) is 1.45. The maximum atomic E-state index is 10.6.